The summed E-state index contributed by atoms with van der Waals surface area (Å²) >= 11 is 0. The highest BCUT2D eigenvalue weighted by Crippen LogP contribution is 2.52. The van der Waals surface area contributed by atoms with E-state index >= 15 is 0 Å². The Balaban J connectivity index is 1.29. The minimum absolute atomic E-state index is 0.0109. The van der Waals surface area contributed by atoms with Crippen LogP contribution in [0.25, 0.3) is 22.3 Å². The van der Waals surface area contributed by atoms with Crippen molar-refractivity contribution in [2.45, 2.75) is 157 Å². The van der Waals surface area contributed by atoms with Crippen LogP contribution in [-0.2, 0) is 32.5 Å². The Hall–Kier alpha value is -7.56. The van der Waals surface area contributed by atoms with Crippen molar-refractivity contribution in [2.24, 2.45) is 0 Å². The monoisotopic (exact) mass is 1080 g/mol. The molecule has 416 valence electrons. The van der Waals surface area contributed by atoms with Gasteiger partial charge in [0.2, 0.25) is 0 Å². The molecule has 9 aromatic carbocycles. The zero-order chi connectivity index (χ0) is 58.6. The summed E-state index contributed by atoms with van der Waals surface area (Å²) in [7, 11) is 0. The fourth-order valence-electron chi connectivity index (χ4n) is 12.4. The molecule has 2 aliphatic rings. The molecule has 0 N–H and O–H groups in total. The second-order valence-corrected chi connectivity index (χ2v) is 29.7. The highest BCUT2D eigenvalue weighted by Gasteiger charge is 2.45. The molecular formula is C78H86BN3. The minimum Gasteiger partial charge on any atom is -0.311 e. The first-order valence-electron chi connectivity index (χ1n) is 29.9. The Morgan fingerprint density at radius 3 is 0.902 bits per heavy atom. The van der Waals surface area contributed by atoms with Crippen molar-refractivity contribution in [3.63, 3.8) is 0 Å². The van der Waals surface area contributed by atoms with Crippen LogP contribution in [0.4, 0.5) is 51.2 Å². The topological polar surface area (TPSA) is 9.72 Å². The lowest BCUT2D eigenvalue weighted by Crippen LogP contribution is -2.61. The lowest BCUT2D eigenvalue weighted by Gasteiger charge is -2.46. The highest BCUT2D eigenvalue weighted by atomic mass is 15.2. The standard InChI is InChI=1S/C78H86BN3/c1-73(2,3)53-31-27-51(28-32-53)62-23-19-21-25-66(62)82(67-26-22-20-24-63(67)52-29-33-54(34-30-52)74(4,5)6)61-49-70-72-71(50-61)81(60-43-37-56(38-44-60)76(10,11)12)69-46-40-58(78(16,17)18)48-65(69)79(72)64-47-57(77(13,14)15)39-45-68(64)80(70)59-41-35-55(36-42-59)75(7,8)9/h19-50H,1-18H3. The van der Waals surface area contributed by atoms with Gasteiger partial charge < -0.3 is 14.7 Å². The molecule has 9 aromatic rings. The highest BCUT2D eigenvalue weighted by molar-refractivity contribution is 7.00. The fourth-order valence-corrected chi connectivity index (χ4v) is 12.4. The van der Waals surface area contributed by atoms with Gasteiger partial charge in [-0.1, -0.05) is 258 Å². The SMILES string of the molecule is CC(C)(C)c1ccc(-c2ccccc2N(c2cc3c4c(c2)N(c2ccc(C(C)(C)C)cc2)c2ccc(C(C)(C)C)cc2B4c2cc(C(C)(C)C)ccc2N3c2ccc(C(C)(C)C)cc2)c2ccccc2-c2ccc(C(C)(C)C)cc2)cc1. The molecular weight excluding hydrogens is 990 g/mol. The molecule has 2 heterocycles. The Morgan fingerprint density at radius 2 is 0.585 bits per heavy atom. The minimum atomic E-state index is -0.0752. The molecule has 2 aliphatic heterocycles. The van der Waals surface area contributed by atoms with E-state index in [0.29, 0.717) is 0 Å². The van der Waals surface area contributed by atoms with Crippen molar-refractivity contribution in [1.82, 2.24) is 0 Å². The number of fused-ring (bicyclic) bond motifs is 4. The smallest absolute Gasteiger partial charge is 0.252 e. The molecule has 0 spiro atoms. The number of nitrogens with zero attached hydrogens (tertiary/aromatic N) is 3. The summed E-state index contributed by atoms with van der Waals surface area (Å²) in [6, 6.07) is 75.4. The second-order valence-electron chi connectivity index (χ2n) is 29.7. The average Bonchev–Trinajstić information content (AvgIpc) is 0.886. The fraction of sp³-hybridized carbons (Fsp3) is 0.308. The van der Waals surface area contributed by atoms with E-state index in [1.165, 1.54) is 83.6 Å². The third kappa shape index (κ3) is 10.4. The number of hydrogen-bond acceptors (Lipinski definition) is 3. The lowest BCUT2D eigenvalue weighted by molar-refractivity contribution is 0.590. The molecule has 0 radical (unpaired) electrons. The van der Waals surface area contributed by atoms with E-state index in [0.717, 1.165) is 39.6 Å². The predicted molar refractivity (Wildman–Crippen MR) is 358 cm³/mol. The summed E-state index contributed by atoms with van der Waals surface area (Å²) in [5.74, 6) is 0. The average molecular weight is 1080 g/mol. The van der Waals surface area contributed by atoms with Gasteiger partial charge in [-0.25, -0.2) is 0 Å². The van der Waals surface area contributed by atoms with Crippen LogP contribution in [0.3, 0.4) is 0 Å². The van der Waals surface area contributed by atoms with Gasteiger partial charge in [-0.2, -0.15) is 0 Å². The molecule has 0 aliphatic carbocycles. The van der Waals surface area contributed by atoms with Crippen LogP contribution in [0.2, 0.25) is 0 Å². The summed E-state index contributed by atoms with van der Waals surface area (Å²) in [6.45, 7) is 41.7. The molecule has 0 aromatic heterocycles. The van der Waals surface area contributed by atoms with Crippen LogP contribution in [0.1, 0.15) is 158 Å². The molecule has 0 fully saturated rings. The van der Waals surface area contributed by atoms with Gasteiger partial charge in [0.1, 0.15) is 0 Å². The van der Waals surface area contributed by atoms with Crippen molar-refractivity contribution < 1.29 is 0 Å². The summed E-state index contributed by atoms with van der Waals surface area (Å²) in [6.07, 6.45) is 0. The number of para-hydroxylation sites is 2. The Morgan fingerprint density at radius 1 is 0.293 bits per heavy atom. The van der Waals surface area contributed by atoms with Crippen LogP contribution in [0, 0.1) is 0 Å². The van der Waals surface area contributed by atoms with Gasteiger partial charge in [-0.05, 0) is 154 Å². The summed E-state index contributed by atoms with van der Waals surface area (Å²) in [4.78, 5) is 7.77. The molecule has 4 heteroatoms. The zero-order valence-electron chi connectivity index (χ0n) is 52.4. The van der Waals surface area contributed by atoms with Crippen molar-refractivity contribution in [1.29, 1.82) is 0 Å². The van der Waals surface area contributed by atoms with Crippen LogP contribution in [-0.4, -0.2) is 6.71 Å². The molecule has 0 saturated carbocycles. The van der Waals surface area contributed by atoms with Gasteiger partial charge in [-0.3, -0.25) is 0 Å². The third-order valence-corrected chi connectivity index (χ3v) is 17.4. The van der Waals surface area contributed by atoms with E-state index in [4.69, 9.17) is 0 Å². The van der Waals surface area contributed by atoms with Gasteiger partial charge in [0.05, 0.1) is 17.1 Å². The molecule has 0 atom stereocenters. The van der Waals surface area contributed by atoms with Crippen molar-refractivity contribution in [2.75, 3.05) is 14.7 Å². The maximum Gasteiger partial charge on any atom is 0.252 e. The number of hydrogen-bond donors (Lipinski definition) is 0. The molecule has 82 heavy (non-hydrogen) atoms. The first-order valence-corrected chi connectivity index (χ1v) is 29.9. The first-order chi connectivity index (χ1) is 38.5. The van der Waals surface area contributed by atoms with Crippen LogP contribution < -0.4 is 31.1 Å². The van der Waals surface area contributed by atoms with E-state index in [9.17, 15) is 0 Å². The van der Waals surface area contributed by atoms with E-state index in [-0.39, 0.29) is 39.2 Å². The summed E-state index contributed by atoms with van der Waals surface area (Å²) in [5, 5.41) is 0. The molecule has 3 nitrogen and oxygen atoms in total. The molecule has 0 amide bonds. The number of benzene rings is 9. The van der Waals surface area contributed by atoms with Gasteiger partial charge in [0, 0.05) is 45.3 Å². The number of rotatable bonds is 7. The Labute approximate surface area is 493 Å². The van der Waals surface area contributed by atoms with Crippen molar-refractivity contribution >= 4 is 74.3 Å². The Kier molecular flexibility index (Phi) is 13.8. The predicted octanol–water partition coefficient (Wildman–Crippen LogP) is 20.4. The van der Waals surface area contributed by atoms with Crippen molar-refractivity contribution in [3.05, 3.63) is 228 Å². The molecule has 0 bridgehead atoms. The van der Waals surface area contributed by atoms with Crippen LogP contribution in [0.15, 0.2) is 194 Å². The molecule has 0 unspecified atom stereocenters. The second kappa shape index (κ2) is 20.1. The third-order valence-electron chi connectivity index (χ3n) is 17.4. The molecule has 0 saturated heterocycles. The lowest BCUT2D eigenvalue weighted by atomic mass is 9.33. The van der Waals surface area contributed by atoms with Crippen LogP contribution in [0.5, 0.6) is 0 Å². The van der Waals surface area contributed by atoms with E-state index in [1.54, 1.807) is 0 Å². The van der Waals surface area contributed by atoms with E-state index in [1.807, 2.05) is 0 Å². The van der Waals surface area contributed by atoms with Gasteiger partial charge in [0.25, 0.3) is 6.71 Å². The van der Waals surface area contributed by atoms with Crippen molar-refractivity contribution in [3.8, 4) is 22.3 Å². The Bertz CT molecular complexity index is 3590. The van der Waals surface area contributed by atoms with E-state index < -0.39 is 0 Å². The maximum absolute atomic E-state index is 2.60. The molecule has 11 rings (SSSR count). The first kappa shape index (κ1) is 56.3. The summed E-state index contributed by atoms with van der Waals surface area (Å²) in [5.41, 5.74) is 26.7. The van der Waals surface area contributed by atoms with Gasteiger partial charge in [-0.15, -0.1) is 0 Å². The largest absolute Gasteiger partial charge is 0.311 e. The maximum atomic E-state index is 2.60. The zero-order valence-corrected chi connectivity index (χ0v) is 52.4. The quantitative estimate of drug-likeness (QED) is 0.147. The van der Waals surface area contributed by atoms with Gasteiger partial charge in [0.15, 0.2) is 0 Å². The van der Waals surface area contributed by atoms with E-state index in [2.05, 4.69) is 333 Å². The van der Waals surface area contributed by atoms with Gasteiger partial charge >= 0.3 is 0 Å². The summed E-state index contributed by atoms with van der Waals surface area (Å²) < 4.78 is 0. The number of anilines is 9. The normalized spacial score (nSPS) is 13.7. The van der Waals surface area contributed by atoms with Crippen LogP contribution >= 0.6 is 0 Å².